The Morgan fingerprint density at radius 3 is 2.54 bits per heavy atom. The summed E-state index contributed by atoms with van der Waals surface area (Å²) in [6.45, 7) is 6.05. The molecule has 0 amide bonds. The summed E-state index contributed by atoms with van der Waals surface area (Å²) in [7, 11) is 0. The molecule has 1 fully saturated rings. The van der Waals surface area contributed by atoms with Crippen molar-refractivity contribution in [2.24, 2.45) is 5.73 Å². The normalized spacial score (nSPS) is 15.2. The predicted octanol–water partition coefficient (Wildman–Crippen LogP) is 3.43. The molecule has 1 aromatic carbocycles. The molecule has 4 rings (SSSR count). The van der Waals surface area contributed by atoms with Gasteiger partial charge in [-0.1, -0.05) is 17.3 Å². The van der Waals surface area contributed by atoms with E-state index in [2.05, 4.69) is 20.5 Å². The molecule has 0 atom stereocenters. The molecule has 1 aliphatic rings. The molecular weight excluding hydrogens is 380 g/mol. The van der Waals surface area contributed by atoms with Crippen molar-refractivity contribution in [1.82, 2.24) is 25.1 Å². The second-order valence-corrected chi connectivity index (χ2v) is 7.24. The van der Waals surface area contributed by atoms with E-state index in [0.717, 1.165) is 42.8 Å². The first-order valence-electron chi connectivity index (χ1n) is 9.35. The van der Waals surface area contributed by atoms with Gasteiger partial charge in [-0.3, -0.25) is 0 Å². The second kappa shape index (κ2) is 7.89. The number of hydrogen-bond donors (Lipinski definition) is 1. The van der Waals surface area contributed by atoms with Gasteiger partial charge in [-0.25, -0.2) is 4.68 Å². The zero-order valence-electron chi connectivity index (χ0n) is 16.3. The lowest BCUT2D eigenvalue weighted by Crippen LogP contribution is -2.44. The lowest BCUT2D eigenvalue weighted by Gasteiger charge is -2.34. The highest BCUT2D eigenvalue weighted by atomic mass is 35.5. The minimum atomic E-state index is -0.462. The molecular formula is C19H25ClN6O2. The Labute approximate surface area is 169 Å². The Hall–Kier alpha value is -2.45. The molecule has 9 heteroatoms. The van der Waals surface area contributed by atoms with Crippen molar-refractivity contribution < 1.29 is 9.26 Å². The highest BCUT2D eigenvalue weighted by Crippen LogP contribution is 2.37. The fourth-order valence-electron chi connectivity index (χ4n) is 3.23. The van der Waals surface area contributed by atoms with Crippen LogP contribution in [0.2, 0.25) is 0 Å². The molecule has 0 aliphatic heterocycles. The van der Waals surface area contributed by atoms with Crippen molar-refractivity contribution in [3.8, 4) is 23.0 Å². The number of nitrogens with two attached hydrogens (primary N) is 1. The average Bonchev–Trinajstić information content (AvgIpc) is 3.26. The summed E-state index contributed by atoms with van der Waals surface area (Å²) in [6.07, 6.45) is 3.70. The molecule has 8 nitrogen and oxygen atoms in total. The maximum atomic E-state index is 6.29. The van der Waals surface area contributed by atoms with Gasteiger partial charge < -0.3 is 15.0 Å². The number of nitrogens with zero attached hydrogens (tertiary/aromatic N) is 5. The van der Waals surface area contributed by atoms with Crippen LogP contribution in [0.25, 0.3) is 17.3 Å². The van der Waals surface area contributed by atoms with E-state index < -0.39 is 5.54 Å². The molecule has 3 aromatic rings. The van der Waals surface area contributed by atoms with E-state index in [-0.39, 0.29) is 18.5 Å². The number of hydrogen-bond acceptors (Lipinski definition) is 7. The van der Waals surface area contributed by atoms with Crippen LogP contribution in [0.5, 0.6) is 5.75 Å². The van der Waals surface area contributed by atoms with Crippen molar-refractivity contribution in [2.75, 3.05) is 0 Å². The number of rotatable bonds is 6. The highest BCUT2D eigenvalue weighted by molar-refractivity contribution is 5.85. The SMILES string of the molecule is CCc1c(-c2nc(C3(N)CCC3)no2)nnn1-c1ccc(OC(C)C)cc1.Cl. The second-order valence-electron chi connectivity index (χ2n) is 7.24. The number of halogens is 1. The van der Waals surface area contributed by atoms with Crippen molar-refractivity contribution in [1.29, 1.82) is 0 Å². The summed E-state index contributed by atoms with van der Waals surface area (Å²) in [5, 5.41) is 12.7. The van der Waals surface area contributed by atoms with Crippen LogP contribution in [-0.2, 0) is 12.0 Å². The maximum Gasteiger partial charge on any atom is 0.280 e. The Morgan fingerprint density at radius 2 is 1.96 bits per heavy atom. The zero-order chi connectivity index (χ0) is 19.0. The van der Waals surface area contributed by atoms with Crippen LogP contribution < -0.4 is 10.5 Å². The van der Waals surface area contributed by atoms with Gasteiger partial charge in [0, 0.05) is 0 Å². The Kier molecular flexibility index (Phi) is 5.71. The van der Waals surface area contributed by atoms with Gasteiger partial charge in [0.05, 0.1) is 23.0 Å². The summed E-state index contributed by atoms with van der Waals surface area (Å²) >= 11 is 0. The molecule has 0 bridgehead atoms. The van der Waals surface area contributed by atoms with Crippen molar-refractivity contribution in [2.45, 2.75) is 58.1 Å². The summed E-state index contributed by atoms with van der Waals surface area (Å²) in [4.78, 5) is 4.50. The minimum absolute atomic E-state index is 0. The topological polar surface area (TPSA) is 105 Å². The zero-order valence-corrected chi connectivity index (χ0v) is 17.1. The summed E-state index contributed by atoms with van der Waals surface area (Å²) in [6, 6.07) is 7.76. The highest BCUT2D eigenvalue weighted by Gasteiger charge is 2.39. The molecule has 0 spiro atoms. The molecule has 2 heterocycles. The first kappa shape index (κ1) is 20.3. The van der Waals surface area contributed by atoms with Gasteiger partial charge >= 0.3 is 0 Å². The number of benzene rings is 1. The van der Waals surface area contributed by atoms with Crippen LogP contribution >= 0.6 is 12.4 Å². The van der Waals surface area contributed by atoms with E-state index in [0.29, 0.717) is 17.4 Å². The maximum absolute atomic E-state index is 6.29. The van der Waals surface area contributed by atoms with Crippen molar-refractivity contribution in [3.63, 3.8) is 0 Å². The lowest BCUT2D eigenvalue weighted by molar-refractivity contribution is 0.229. The third kappa shape index (κ3) is 3.62. The fourth-order valence-corrected chi connectivity index (χ4v) is 3.23. The van der Waals surface area contributed by atoms with Gasteiger partial charge in [-0.05, 0) is 63.8 Å². The molecule has 28 heavy (non-hydrogen) atoms. The molecule has 2 aromatic heterocycles. The number of ether oxygens (including phenoxy) is 1. The quantitative estimate of drug-likeness (QED) is 0.670. The molecule has 0 unspecified atom stereocenters. The van der Waals surface area contributed by atoms with Gasteiger partial charge in [0.15, 0.2) is 11.5 Å². The smallest absolute Gasteiger partial charge is 0.280 e. The van der Waals surface area contributed by atoms with Gasteiger partial charge in [0.2, 0.25) is 0 Å². The van der Waals surface area contributed by atoms with E-state index in [1.54, 1.807) is 4.68 Å². The van der Waals surface area contributed by atoms with E-state index >= 15 is 0 Å². The molecule has 0 saturated heterocycles. The van der Waals surface area contributed by atoms with E-state index in [1.807, 2.05) is 45.0 Å². The largest absolute Gasteiger partial charge is 0.491 e. The third-order valence-corrected chi connectivity index (χ3v) is 4.87. The first-order chi connectivity index (χ1) is 13.0. The summed E-state index contributed by atoms with van der Waals surface area (Å²) in [5.74, 6) is 1.74. The third-order valence-electron chi connectivity index (χ3n) is 4.87. The van der Waals surface area contributed by atoms with Gasteiger partial charge in [-0.2, -0.15) is 4.98 Å². The fraction of sp³-hybridized carbons (Fsp3) is 0.474. The predicted molar refractivity (Wildman–Crippen MR) is 107 cm³/mol. The molecule has 1 saturated carbocycles. The minimum Gasteiger partial charge on any atom is -0.491 e. The Morgan fingerprint density at radius 1 is 1.25 bits per heavy atom. The monoisotopic (exact) mass is 404 g/mol. The van der Waals surface area contributed by atoms with Crippen LogP contribution in [-0.4, -0.2) is 31.2 Å². The van der Waals surface area contributed by atoms with Gasteiger partial charge in [0.25, 0.3) is 5.89 Å². The first-order valence-corrected chi connectivity index (χ1v) is 9.35. The molecule has 2 N–H and O–H groups in total. The average molecular weight is 405 g/mol. The summed E-state index contributed by atoms with van der Waals surface area (Å²) in [5.41, 5.74) is 8.23. The van der Waals surface area contributed by atoms with Crippen LogP contribution in [0.4, 0.5) is 0 Å². The van der Waals surface area contributed by atoms with E-state index in [9.17, 15) is 0 Å². The van der Waals surface area contributed by atoms with Crippen LogP contribution in [0.15, 0.2) is 28.8 Å². The van der Waals surface area contributed by atoms with Crippen molar-refractivity contribution >= 4 is 12.4 Å². The van der Waals surface area contributed by atoms with Crippen LogP contribution in [0.1, 0.15) is 51.6 Å². The van der Waals surface area contributed by atoms with Gasteiger partial charge in [-0.15, -0.1) is 17.5 Å². The lowest BCUT2D eigenvalue weighted by atomic mass is 9.77. The van der Waals surface area contributed by atoms with Crippen molar-refractivity contribution in [3.05, 3.63) is 35.8 Å². The van der Waals surface area contributed by atoms with E-state index in [4.69, 9.17) is 15.0 Å². The number of aromatic nitrogens is 5. The molecule has 1 aliphatic carbocycles. The Balaban J connectivity index is 0.00000225. The van der Waals surface area contributed by atoms with E-state index in [1.165, 1.54) is 0 Å². The molecule has 0 radical (unpaired) electrons. The van der Waals surface area contributed by atoms with Gasteiger partial charge in [0.1, 0.15) is 5.75 Å². The van der Waals surface area contributed by atoms with Crippen LogP contribution in [0.3, 0.4) is 0 Å². The Bertz CT molecular complexity index is 930. The standard InChI is InChI=1S/C19H24N6O2.ClH/c1-4-15-16(17-21-18(23-27-17)19(20)10-5-11-19)22-24-25(15)13-6-8-14(9-7-13)26-12(2)3;/h6-9,12H,4-5,10-11,20H2,1-3H3;1H. The van der Waals surface area contributed by atoms with Crippen LogP contribution in [0, 0.1) is 0 Å². The summed E-state index contributed by atoms with van der Waals surface area (Å²) < 4.78 is 12.9. The molecule has 150 valence electrons.